The molecule has 0 aliphatic rings. The predicted molar refractivity (Wildman–Crippen MR) is 70.9 cm³/mol. The van der Waals surface area contributed by atoms with E-state index < -0.39 is 0 Å². The van der Waals surface area contributed by atoms with Crippen molar-refractivity contribution in [3.63, 3.8) is 0 Å². The van der Waals surface area contributed by atoms with Gasteiger partial charge in [-0.15, -0.1) is 0 Å². The molecule has 17 heavy (non-hydrogen) atoms. The number of nitrogens with two attached hydrogens (primary N) is 1. The maximum Gasteiger partial charge on any atom is 0.0623 e. The second-order valence-electron chi connectivity index (χ2n) is 5.16. The summed E-state index contributed by atoms with van der Waals surface area (Å²) in [4.78, 5) is 4.10. The first-order chi connectivity index (χ1) is 8.03. The second kappa shape index (κ2) is 6.72. The van der Waals surface area contributed by atoms with Crippen LogP contribution in [0.2, 0.25) is 0 Å². The third kappa shape index (κ3) is 5.80. The van der Waals surface area contributed by atoms with Gasteiger partial charge in [0.2, 0.25) is 0 Å². The van der Waals surface area contributed by atoms with E-state index in [1.807, 2.05) is 12.3 Å². The molecule has 0 aromatic carbocycles. The molecule has 1 heterocycles. The molecule has 0 spiro atoms. The zero-order valence-corrected chi connectivity index (χ0v) is 11.1. The molecule has 1 aromatic heterocycles. The zero-order chi connectivity index (χ0) is 12.7. The molecule has 1 rings (SSSR count). The van der Waals surface area contributed by atoms with Crippen LogP contribution in [0.25, 0.3) is 0 Å². The molecule has 0 saturated carbocycles. The van der Waals surface area contributed by atoms with Crippen molar-refractivity contribution in [2.24, 2.45) is 5.73 Å². The Morgan fingerprint density at radius 1 is 1.41 bits per heavy atom. The number of aryl methyl sites for hydroxylation is 1. The van der Waals surface area contributed by atoms with Crippen molar-refractivity contribution in [1.29, 1.82) is 0 Å². The first-order valence-electron chi connectivity index (χ1n) is 6.23. The minimum Gasteiger partial charge on any atom is -0.379 e. The van der Waals surface area contributed by atoms with E-state index in [0.29, 0.717) is 0 Å². The van der Waals surface area contributed by atoms with Crippen molar-refractivity contribution >= 4 is 0 Å². The van der Waals surface area contributed by atoms with Crippen LogP contribution in [0.3, 0.4) is 0 Å². The maximum absolute atomic E-state index is 6.11. The Morgan fingerprint density at radius 2 is 2.18 bits per heavy atom. The Morgan fingerprint density at radius 3 is 2.76 bits per heavy atom. The van der Waals surface area contributed by atoms with E-state index in [0.717, 1.165) is 25.7 Å². The average molecular weight is 236 g/mol. The third-order valence-electron chi connectivity index (χ3n) is 3.20. The van der Waals surface area contributed by atoms with Crippen molar-refractivity contribution in [2.75, 3.05) is 7.11 Å². The second-order valence-corrected chi connectivity index (χ2v) is 5.16. The highest BCUT2D eigenvalue weighted by Gasteiger charge is 2.17. The molecule has 0 fully saturated rings. The van der Waals surface area contributed by atoms with Crippen LogP contribution in [-0.2, 0) is 11.2 Å². The van der Waals surface area contributed by atoms with Gasteiger partial charge < -0.3 is 10.5 Å². The minimum atomic E-state index is -0.0636. The SMILES string of the molecule is COC(C)(C)CCC(N)CCc1cccnc1. The van der Waals surface area contributed by atoms with Gasteiger partial charge in [-0.1, -0.05) is 6.07 Å². The number of ether oxygens (including phenoxy) is 1. The number of aromatic nitrogens is 1. The lowest BCUT2D eigenvalue weighted by Gasteiger charge is -2.24. The number of pyridine rings is 1. The fourth-order valence-corrected chi connectivity index (χ4v) is 1.68. The molecule has 1 atom stereocenters. The Balaban J connectivity index is 2.24. The molecule has 0 amide bonds. The molecule has 2 N–H and O–H groups in total. The van der Waals surface area contributed by atoms with Gasteiger partial charge >= 0.3 is 0 Å². The molecule has 3 heteroatoms. The fraction of sp³-hybridized carbons (Fsp3) is 0.643. The van der Waals surface area contributed by atoms with Crippen LogP contribution < -0.4 is 5.73 Å². The van der Waals surface area contributed by atoms with Gasteiger partial charge in [-0.2, -0.15) is 0 Å². The van der Waals surface area contributed by atoms with E-state index in [1.54, 1.807) is 13.3 Å². The summed E-state index contributed by atoms with van der Waals surface area (Å²) in [6, 6.07) is 4.30. The molecule has 0 saturated heterocycles. The average Bonchev–Trinajstić information content (AvgIpc) is 2.35. The predicted octanol–water partition coefficient (Wildman–Crippen LogP) is 2.55. The van der Waals surface area contributed by atoms with Crippen LogP contribution in [0.4, 0.5) is 0 Å². The van der Waals surface area contributed by atoms with E-state index in [2.05, 4.69) is 24.9 Å². The van der Waals surface area contributed by atoms with Crippen LogP contribution in [-0.4, -0.2) is 23.7 Å². The van der Waals surface area contributed by atoms with Gasteiger partial charge in [0.15, 0.2) is 0 Å². The number of nitrogens with zero attached hydrogens (tertiary/aromatic N) is 1. The highest BCUT2D eigenvalue weighted by atomic mass is 16.5. The molecule has 3 nitrogen and oxygen atoms in total. The fourth-order valence-electron chi connectivity index (χ4n) is 1.68. The summed E-state index contributed by atoms with van der Waals surface area (Å²) < 4.78 is 5.39. The summed E-state index contributed by atoms with van der Waals surface area (Å²) in [6.45, 7) is 4.20. The lowest BCUT2D eigenvalue weighted by atomic mass is 9.96. The molecule has 96 valence electrons. The van der Waals surface area contributed by atoms with E-state index in [-0.39, 0.29) is 11.6 Å². The first kappa shape index (κ1) is 14.1. The molecule has 0 aliphatic carbocycles. The topological polar surface area (TPSA) is 48.1 Å². The largest absolute Gasteiger partial charge is 0.379 e. The monoisotopic (exact) mass is 236 g/mol. The van der Waals surface area contributed by atoms with Gasteiger partial charge in [0.1, 0.15) is 0 Å². The van der Waals surface area contributed by atoms with Crippen molar-refractivity contribution < 1.29 is 4.74 Å². The molecule has 0 radical (unpaired) electrons. The maximum atomic E-state index is 6.11. The summed E-state index contributed by atoms with van der Waals surface area (Å²) in [7, 11) is 1.75. The van der Waals surface area contributed by atoms with E-state index in [9.17, 15) is 0 Å². The third-order valence-corrected chi connectivity index (χ3v) is 3.20. The zero-order valence-electron chi connectivity index (χ0n) is 11.1. The smallest absolute Gasteiger partial charge is 0.0623 e. The standard InChI is InChI=1S/C14H24N2O/c1-14(2,17-3)9-8-13(15)7-6-12-5-4-10-16-11-12/h4-5,10-11,13H,6-9,15H2,1-3H3. The van der Waals surface area contributed by atoms with Gasteiger partial charge in [-0.3, -0.25) is 4.98 Å². The lowest BCUT2D eigenvalue weighted by molar-refractivity contribution is 0.0124. The van der Waals surface area contributed by atoms with Crippen LogP contribution in [0.5, 0.6) is 0 Å². The van der Waals surface area contributed by atoms with Crippen LogP contribution in [0.15, 0.2) is 24.5 Å². The Hall–Kier alpha value is -0.930. The molecular weight excluding hydrogens is 212 g/mol. The molecule has 1 unspecified atom stereocenters. The van der Waals surface area contributed by atoms with Gasteiger partial charge in [-0.25, -0.2) is 0 Å². The number of rotatable bonds is 7. The molecule has 0 aliphatic heterocycles. The van der Waals surface area contributed by atoms with E-state index in [4.69, 9.17) is 10.5 Å². The minimum absolute atomic E-state index is 0.0636. The number of hydrogen-bond acceptors (Lipinski definition) is 3. The summed E-state index contributed by atoms with van der Waals surface area (Å²) in [5, 5.41) is 0. The summed E-state index contributed by atoms with van der Waals surface area (Å²) >= 11 is 0. The number of methoxy groups -OCH3 is 1. The van der Waals surface area contributed by atoms with E-state index >= 15 is 0 Å². The molecule has 0 bridgehead atoms. The Labute approximate surface area is 104 Å². The van der Waals surface area contributed by atoms with Gasteiger partial charge in [0, 0.05) is 25.5 Å². The normalized spacial score (nSPS) is 13.6. The van der Waals surface area contributed by atoms with Crippen LogP contribution in [0.1, 0.15) is 38.7 Å². The highest BCUT2D eigenvalue weighted by molar-refractivity contribution is 5.08. The van der Waals surface area contributed by atoms with Crippen LogP contribution >= 0.6 is 0 Å². The van der Waals surface area contributed by atoms with Crippen molar-refractivity contribution in [3.05, 3.63) is 30.1 Å². The van der Waals surface area contributed by atoms with Crippen molar-refractivity contribution in [1.82, 2.24) is 4.98 Å². The van der Waals surface area contributed by atoms with Gasteiger partial charge in [-0.05, 0) is 51.2 Å². The highest BCUT2D eigenvalue weighted by Crippen LogP contribution is 2.17. The molecule has 1 aromatic rings. The van der Waals surface area contributed by atoms with Crippen molar-refractivity contribution in [3.8, 4) is 0 Å². The van der Waals surface area contributed by atoms with E-state index in [1.165, 1.54) is 5.56 Å². The Bertz CT molecular complexity index is 311. The first-order valence-corrected chi connectivity index (χ1v) is 6.23. The number of hydrogen-bond donors (Lipinski definition) is 1. The quantitative estimate of drug-likeness (QED) is 0.791. The summed E-state index contributed by atoms with van der Waals surface area (Å²) in [6.07, 6.45) is 7.71. The van der Waals surface area contributed by atoms with Gasteiger partial charge in [0.25, 0.3) is 0 Å². The summed E-state index contributed by atoms with van der Waals surface area (Å²) in [5.41, 5.74) is 7.30. The summed E-state index contributed by atoms with van der Waals surface area (Å²) in [5.74, 6) is 0. The van der Waals surface area contributed by atoms with Gasteiger partial charge in [0.05, 0.1) is 5.60 Å². The van der Waals surface area contributed by atoms with Crippen molar-refractivity contribution in [2.45, 2.75) is 51.2 Å². The van der Waals surface area contributed by atoms with Crippen LogP contribution in [0, 0.1) is 0 Å². The Kier molecular flexibility index (Phi) is 5.59. The lowest BCUT2D eigenvalue weighted by Crippen LogP contribution is -2.28. The molecular formula is C14H24N2O.